The summed E-state index contributed by atoms with van der Waals surface area (Å²) in [7, 11) is 4.33. The van der Waals surface area contributed by atoms with E-state index in [0.29, 0.717) is 6.04 Å². The van der Waals surface area contributed by atoms with Gasteiger partial charge in [-0.3, -0.25) is 0 Å². The van der Waals surface area contributed by atoms with Crippen molar-refractivity contribution in [1.29, 1.82) is 0 Å². The lowest BCUT2D eigenvalue weighted by molar-refractivity contribution is 0.153. The summed E-state index contributed by atoms with van der Waals surface area (Å²) in [5.74, 6) is 0. The fraction of sp³-hybridized carbons (Fsp3) is 0.600. The predicted molar refractivity (Wildman–Crippen MR) is 71.8 cm³/mol. The van der Waals surface area contributed by atoms with E-state index in [1.807, 2.05) is 0 Å². The molecule has 1 aromatic rings. The van der Waals surface area contributed by atoms with Crippen LogP contribution in [0.2, 0.25) is 0 Å². The topological polar surface area (TPSA) is 3.24 Å². The van der Waals surface area contributed by atoms with Crippen LogP contribution in [-0.2, 0) is 0 Å². The van der Waals surface area contributed by atoms with Gasteiger partial charge in [0, 0.05) is 6.04 Å². The molecule has 1 aromatic carbocycles. The van der Waals surface area contributed by atoms with Crippen LogP contribution in [-0.4, -0.2) is 19.0 Å². The highest BCUT2D eigenvalue weighted by atomic mass is 15.1. The molecule has 1 atom stereocenters. The first-order chi connectivity index (χ1) is 7.23. The summed E-state index contributed by atoms with van der Waals surface area (Å²) in [6.07, 6.45) is 0. The SMILES string of the molecule is Cc1ccc(C)c([C@H](N(C)C)C(C)(C)C)c1. The van der Waals surface area contributed by atoms with Gasteiger partial charge in [-0.2, -0.15) is 0 Å². The van der Waals surface area contributed by atoms with Crippen molar-refractivity contribution in [1.82, 2.24) is 4.90 Å². The van der Waals surface area contributed by atoms with Gasteiger partial charge < -0.3 is 4.90 Å². The van der Waals surface area contributed by atoms with Crippen LogP contribution in [0.25, 0.3) is 0 Å². The van der Waals surface area contributed by atoms with Crippen LogP contribution in [0.3, 0.4) is 0 Å². The molecule has 0 aliphatic rings. The van der Waals surface area contributed by atoms with E-state index in [0.717, 1.165) is 0 Å². The lowest BCUT2D eigenvalue weighted by atomic mass is 9.80. The molecule has 0 aliphatic carbocycles. The summed E-state index contributed by atoms with van der Waals surface area (Å²) in [5, 5.41) is 0. The van der Waals surface area contributed by atoms with E-state index in [1.165, 1.54) is 16.7 Å². The summed E-state index contributed by atoms with van der Waals surface area (Å²) in [6, 6.07) is 7.21. The average Bonchev–Trinajstić information content (AvgIpc) is 2.08. The second-order valence-electron chi connectivity index (χ2n) is 6.09. The highest BCUT2D eigenvalue weighted by molar-refractivity contribution is 5.34. The van der Waals surface area contributed by atoms with E-state index >= 15 is 0 Å². The molecule has 0 unspecified atom stereocenters. The number of aryl methyl sites for hydroxylation is 2. The molecule has 0 spiro atoms. The van der Waals surface area contributed by atoms with Crippen molar-refractivity contribution >= 4 is 0 Å². The van der Waals surface area contributed by atoms with E-state index in [4.69, 9.17) is 0 Å². The molecule has 0 N–H and O–H groups in total. The average molecular weight is 219 g/mol. The maximum absolute atomic E-state index is 2.32. The van der Waals surface area contributed by atoms with Gasteiger partial charge >= 0.3 is 0 Å². The number of hydrogen-bond donors (Lipinski definition) is 0. The zero-order valence-electron chi connectivity index (χ0n) is 11.8. The summed E-state index contributed by atoms with van der Waals surface area (Å²) in [6.45, 7) is 11.3. The Bertz CT molecular complexity index is 358. The van der Waals surface area contributed by atoms with Gasteiger partial charge in [0.15, 0.2) is 0 Å². The summed E-state index contributed by atoms with van der Waals surface area (Å²) < 4.78 is 0. The Hall–Kier alpha value is -0.820. The van der Waals surface area contributed by atoms with Crippen molar-refractivity contribution in [3.05, 3.63) is 34.9 Å². The molecule has 0 aliphatic heterocycles. The Labute approximate surface area is 100 Å². The molecular formula is C15H25N. The Morgan fingerprint density at radius 1 is 1.06 bits per heavy atom. The zero-order chi connectivity index (χ0) is 12.5. The minimum Gasteiger partial charge on any atom is -0.302 e. The van der Waals surface area contributed by atoms with E-state index in [9.17, 15) is 0 Å². The lowest BCUT2D eigenvalue weighted by Crippen LogP contribution is -2.32. The van der Waals surface area contributed by atoms with Gasteiger partial charge in [-0.15, -0.1) is 0 Å². The molecule has 0 saturated carbocycles. The van der Waals surface area contributed by atoms with Gasteiger partial charge in [-0.25, -0.2) is 0 Å². The molecule has 0 radical (unpaired) electrons. The third-order valence-corrected chi connectivity index (χ3v) is 3.07. The summed E-state index contributed by atoms with van der Waals surface area (Å²) in [4.78, 5) is 2.32. The van der Waals surface area contributed by atoms with Crippen LogP contribution in [0.15, 0.2) is 18.2 Å². The van der Waals surface area contributed by atoms with Gasteiger partial charge in [-0.1, -0.05) is 44.5 Å². The predicted octanol–water partition coefficient (Wildman–Crippen LogP) is 3.95. The quantitative estimate of drug-likeness (QED) is 0.728. The first-order valence-electron chi connectivity index (χ1n) is 5.97. The van der Waals surface area contributed by atoms with Crippen LogP contribution in [0.4, 0.5) is 0 Å². The number of benzene rings is 1. The van der Waals surface area contributed by atoms with Crippen LogP contribution in [0.5, 0.6) is 0 Å². The third kappa shape index (κ3) is 2.85. The Morgan fingerprint density at radius 3 is 2.06 bits per heavy atom. The van der Waals surface area contributed by atoms with Crippen LogP contribution in [0.1, 0.15) is 43.5 Å². The van der Waals surface area contributed by atoms with Crippen LogP contribution >= 0.6 is 0 Å². The van der Waals surface area contributed by atoms with Crippen LogP contribution < -0.4 is 0 Å². The highest BCUT2D eigenvalue weighted by Gasteiger charge is 2.29. The number of rotatable bonds is 2. The van der Waals surface area contributed by atoms with Crippen molar-refractivity contribution in [2.24, 2.45) is 5.41 Å². The van der Waals surface area contributed by atoms with Crippen molar-refractivity contribution in [3.63, 3.8) is 0 Å². The van der Waals surface area contributed by atoms with Crippen molar-refractivity contribution in [2.45, 2.75) is 40.7 Å². The van der Waals surface area contributed by atoms with Gasteiger partial charge in [-0.05, 0) is 44.5 Å². The molecule has 0 heterocycles. The summed E-state index contributed by atoms with van der Waals surface area (Å²) >= 11 is 0. The maximum Gasteiger partial charge on any atom is 0.0393 e. The minimum absolute atomic E-state index is 0.252. The first-order valence-corrected chi connectivity index (χ1v) is 5.97. The van der Waals surface area contributed by atoms with Gasteiger partial charge in [0.25, 0.3) is 0 Å². The molecule has 0 bridgehead atoms. The molecule has 90 valence electrons. The lowest BCUT2D eigenvalue weighted by Gasteiger charge is -2.37. The second kappa shape index (κ2) is 4.58. The number of hydrogen-bond acceptors (Lipinski definition) is 1. The standard InChI is InChI=1S/C15H25N/c1-11-8-9-12(2)13(10-11)14(16(6)7)15(3,4)5/h8-10,14H,1-7H3/t14-/m0/s1. The van der Waals surface area contributed by atoms with Crippen molar-refractivity contribution < 1.29 is 0 Å². The van der Waals surface area contributed by atoms with Crippen molar-refractivity contribution in [2.75, 3.05) is 14.1 Å². The molecule has 1 heteroatoms. The second-order valence-corrected chi connectivity index (χ2v) is 6.09. The minimum atomic E-state index is 0.252. The molecule has 1 nitrogen and oxygen atoms in total. The van der Waals surface area contributed by atoms with E-state index in [1.54, 1.807) is 0 Å². The summed E-state index contributed by atoms with van der Waals surface area (Å²) in [5.41, 5.74) is 4.44. The van der Waals surface area contributed by atoms with Gasteiger partial charge in [0.2, 0.25) is 0 Å². The highest BCUT2D eigenvalue weighted by Crippen LogP contribution is 2.38. The molecule has 0 amide bonds. The van der Waals surface area contributed by atoms with E-state index in [2.05, 4.69) is 71.8 Å². The largest absolute Gasteiger partial charge is 0.302 e. The Morgan fingerprint density at radius 2 is 1.62 bits per heavy atom. The Kier molecular flexibility index (Phi) is 3.80. The maximum atomic E-state index is 2.32. The molecule has 0 fully saturated rings. The third-order valence-electron chi connectivity index (χ3n) is 3.07. The van der Waals surface area contributed by atoms with Crippen molar-refractivity contribution in [3.8, 4) is 0 Å². The smallest absolute Gasteiger partial charge is 0.0393 e. The van der Waals surface area contributed by atoms with E-state index < -0.39 is 0 Å². The first kappa shape index (κ1) is 13.2. The van der Waals surface area contributed by atoms with Gasteiger partial charge in [0.05, 0.1) is 0 Å². The normalized spacial score (nSPS) is 14.2. The van der Waals surface area contributed by atoms with Crippen LogP contribution in [0, 0.1) is 19.3 Å². The number of nitrogens with zero attached hydrogens (tertiary/aromatic N) is 1. The Balaban J connectivity index is 3.26. The molecule has 1 rings (SSSR count). The molecular weight excluding hydrogens is 194 g/mol. The van der Waals surface area contributed by atoms with Gasteiger partial charge in [0.1, 0.15) is 0 Å². The fourth-order valence-electron chi connectivity index (χ4n) is 2.57. The molecule has 0 aromatic heterocycles. The van der Waals surface area contributed by atoms with E-state index in [-0.39, 0.29) is 5.41 Å². The zero-order valence-corrected chi connectivity index (χ0v) is 11.8. The molecule has 0 saturated heterocycles. The fourth-order valence-corrected chi connectivity index (χ4v) is 2.57. The monoisotopic (exact) mass is 219 g/mol. The molecule has 16 heavy (non-hydrogen) atoms.